The average molecular weight is 455 g/mol. The van der Waals surface area contributed by atoms with Gasteiger partial charge in [0, 0.05) is 29.1 Å². The van der Waals surface area contributed by atoms with E-state index in [2.05, 4.69) is 36.0 Å². The fourth-order valence-electron chi connectivity index (χ4n) is 3.41. The SMILES string of the molecule is O=C(/C=C/c1ccccc1Br)Nc1cc(-c2nnc3n2CCCCC3)ccc1F. The van der Waals surface area contributed by atoms with Gasteiger partial charge in [0.05, 0.1) is 5.69 Å². The number of aromatic nitrogens is 3. The average Bonchev–Trinajstić information content (AvgIpc) is 2.97. The van der Waals surface area contributed by atoms with Crippen molar-refractivity contribution in [3.8, 4) is 11.4 Å². The molecular formula is C22H20BrFN4O. The third-order valence-electron chi connectivity index (χ3n) is 4.91. The van der Waals surface area contributed by atoms with Gasteiger partial charge in [-0.15, -0.1) is 10.2 Å². The first-order chi connectivity index (χ1) is 14.1. The van der Waals surface area contributed by atoms with E-state index in [9.17, 15) is 9.18 Å². The van der Waals surface area contributed by atoms with E-state index in [1.54, 1.807) is 18.2 Å². The molecule has 0 saturated heterocycles. The lowest BCUT2D eigenvalue weighted by atomic mass is 10.1. The monoisotopic (exact) mass is 454 g/mol. The molecule has 0 bridgehead atoms. The lowest BCUT2D eigenvalue weighted by Crippen LogP contribution is -2.10. The molecule has 3 aromatic rings. The summed E-state index contributed by atoms with van der Waals surface area (Å²) < 4.78 is 17.3. The number of hydrogen-bond donors (Lipinski definition) is 1. The molecule has 0 aliphatic carbocycles. The molecule has 1 N–H and O–H groups in total. The third kappa shape index (κ3) is 4.45. The van der Waals surface area contributed by atoms with Gasteiger partial charge < -0.3 is 9.88 Å². The van der Waals surface area contributed by atoms with Gasteiger partial charge >= 0.3 is 0 Å². The summed E-state index contributed by atoms with van der Waals surface area (Å²) in [7, 11) is 0. The molecule has 148 valence electrons. The van der Waals surface area contributed by atoms with Gasteiger partial charge in [0.15, 0.2) is 5.82 Å². The highest BCUT2D eigenvalue weighted by Crippen LogP contribution is 2.26. The Bertz CT molecular complexity index is 1080. The minimum atomic E-state index is -0.494. The number of benzene rings is 2. The number of fused-ring (bicyclic) bond motifs is 1. The molecular weight excluding hydrogens is 435 g/mol. The van der Waals surface area contributed by atoms with Crippen molar-refractivity contribution in [2.45, 2.75) is 32.2 Å². The second-order valence-corrected chi connectivity index (χ2v) is 7.80. The highest BCUT2D eigenvalue weighted by atomic mass is 79.9. The molecule has 0 unspecified atom stereocenters. The van der Waals surface area contributed by atoms with Gasteiger partial charge in [-0.2, -0.15) is 0 Å². The summed E-state index contributed by atoms with van der Waals surface area (Å²) in [6.45, 7) is 0.853. The Hall–Kier alpha value is -2.80. The van der Waals surface area contributed by atoms with Crippen LogP contribution in [0.25, 0.3) is 17.5 Å². The Labute approximate surface area is 176 Å². The van der Waals surface area contributed by atoms with E-state index in [-0.39, 0.29) is 5.69 Å². The van der Waals surface area contributed by atoms with Crippen LogP contribution in [0.5, 0.6) is 0 Å². The van der Waals surface area contributed by atoms with Crippen molar-refractivity contribution in [3.05, 3.63) is 70.2 Å². The van der Waals surface area contributed by atoms with Gasteiger partial charge in [-0.3, -0.25) is 4.79 Å². The number of halogens is 2. The van der Waals surface area contributed by atoms with E-state index in [0.717, 1.165) is 53.7 Å². The van der Waals surface area contributed by atoms with Gasteiger partial charge in [-0.05, 0) is 48.7 Å². The van der Waals surface area contributed by atoms with Crippen molar-refractivity contribution >= 4 is 33.6 Å². The fraction of sp³-hybridized carbons (Fsp3) is 0.227. The van der Waals surface area contributed by atoms with E-state index in [1.807, 2.05) is 24.3 Å². The maximum Gasteiger partial charge on any atom is 0.248 e. The standard InChI is InChI=1S/C22H20BrFN4O/c23-17-7-4-3-6-15(17)10-12-21(29)25-19-14-16(9-11-18(19)24)22-27-26-20-8-2-1-5-13-28(20)22/h3-4,6-7,9-12,14H,1-2,5,8,13H2,(H,25,29)/b12-10+. The Morgan fingerprint density at radius 2 is 2.00 bits per heavy atom. The normalized spacial score (nSPS) is 13.9. The zero-order chi connectivity index (χ0) is 20.2. The number of rotatable bonds is 4. The number of carbonyl (C=O) groups excluding carboxylic acids is 1. The number of carbonyl (C=O) groups is 1. The number of aryl methyl sites for hydroxylation is 1. The largest absolute Gasteiger partial charge is 0.320 e. The molecule has 0 fully saturated rings. The van der Waals surface area contributed by atoms with Gasteiger partial charge in [0.25, 0.3) is 0 Å². The molecule has 1 aliphatic rings. The first kappa shape index (κ1) is 19.5. The Kier molecular flexibility index (Phi) is 5.85. The minimum Gasteiger partial charge on any atom is -0.320 e. The van der Waals surface area contributed by atoms with E-state index in [4.69, 9.17) is 0 Å². The summed E-state index contributed by atoms with van der Waals surface area (Å²) >= 11 is 3.43. The number of anilines is 1. The molecule has 1 aromatic heterocycles. The van der Waals surface area contributed by atoms with Crippen molar-refractivity contribution in [1.82, 2.24) is 14.8 Å². The molecule has 0 saturated carbocycles. The zero-order valence-electron chi connectivity index (χ0n) is 15.7. The summed E-state index contributed by atoms with van der Waals surface area (Å²) in [5, 5.41) is 11.2. The van der Waals surface area contributed by atoms with Crippen LogP contribution in [0.3, 0.4) is 0 Å². The number of nitrogens with zero attached hydrogens (tertiary/aromatic N) is 3. The lowest BCUT2D eigenvalue weighted by molar-refractivity contribution is -0.111. The molecule has 1 amide bonds. The van der Waals surface area contributed by atoms with Crippen molar-refractivity contribution in [2.24, 2.45) is 0 Å². The van der Waals surface area contributed by atoms with Gasteiger partial charge in [-0.1, -0.05) is 40.5 Å². The predicted molar refractivity (Wildman–Crippen MR) is 115 cm³/mol. The first-order valence-electron chi connectivity index (χ1n) is 9.57. The van der Waals surface area contributed by atoms with Gasteiger partial charge in [-0.25, -0.2) is 4.39 Å². The molecule has 0 atom stereocenters. The first-order valence-corrected chi connectivity index (χ1v) is 10.4. The van der Waals surface area contributed by atoms with Crippen molar-refractivity contribution in [1.29, 1.82) is 0 Å². The highest BCUT2D eigenvalue weighted by molar-refractivity contribution is 9.10. The summed E-state index contributed by atoms with van der Waals surface area (Å²) in [6.07, 6.45) is 7.30. The molecule has 4 rings (SSSR count). The van der Waals surface area contributed by atoms with Crippen LogP contribution in [0.1, 0.15) is 30.7 Å². The van der Waals surface area contributed by atoms with Crippen LogP contribution in [-0.2, 0) is 17.8 Å². The maximum absolute atomic E-state index is 14.3. The molecule has 7 heteroatoms. The summed E-state index contributed by atoms with van der Waals surface area (Å²) in [6, 6.07) is 12.2. The van der Waals surface area contributed by atoms with Crippen molar-refractivity contribution < 1.29 is 9.18 Å². The van der Waals surface area contributed by atoms with Gasteiger partial charge in [0.1, 0.15) is 11.6 Å². The quantitative estimate of drug-likeness (QED) is 0.549. The van der Waals surface area contributed by atoms with Crippen LogP contribution in [0.15, 0.2) is 53.0 Å². The highest BCUT2D eigenvalue weighted by Gasteiger charge is 2.17. The number of hydrogen-bond acceptors (Lipinski definition) is 3. The van der Waals surface area contributed by atoms with Crippen LogP contribution in [0, 0.1) is 5.82 Å². The van der Waals surface area contributed by atoms with Crippen molar-refractivity contribution in [3.63, 3.8) is 0 Å². The Morgan fingerprint density at radius 1 is 1.14 bits per heavy atom. The predicted octanol–water partition coefficient (Wildman–Crippen LogP) is 5.23. The van der Waals surface area contributed by atoms with E-state index in [1.165, 1.54) is 12.1 Å². The molecule has 0 radical (unpaired) electrons. The minimum absolute atomic E-state index is 0.121. The van der Waals surface area contributed by atoms with Crippen molar-refractivity contribution in [2.75, 3.05) is 5.32 Å². The van der Waals surface area contributed by atoms with Crippen LogP contribution < -0.4 is 5.32 Å². The second kappa shape index (κ2) is 8.69. The summed E-state index contributed by atoms with van der Waals surface area (Å²) in [5.74, 6) is 0.772. The second-order valence-electron chi connectivity index (χ2n) is 6.94. The maximum atomic E-state index is 14.3. The topological polar surface area (TPSA) is 59.8 Å². The van der Waals surface area contributed by atoms with Crippen LogP contribution in [0.2, 0.25) is 0 Å². The van der Waals surface area contributed by atoms with E-state index >= 15 is 0 Å². The molecule has 29 heavy (non-hydrogen) atoms. The summed E-state index contributed by atoms with van der Waals surface area (Å²) in [5.41, 5.74) is 1.72. The third-order valence-corrected chi connectivity index (χ3v) is 5.63. The van der Waals surface area contributed by atoms with Crippen LogP contribution >= 0.6 is 15.9 Å². The summed E-state index contributed by atoms with van der Waals surface area (Å²) in [4.78, 5) is 12.3. The van der Waals surface area contributed by atoms with Crippen LogP contribution in [0.4, 0.5) is 10.1 Å². The fourth-order valence-corrected chi connectivity index (χ4v) is 3.83. The molecule has 2 heterocycles. The zero-order valence-corrected chi connectivity index (χ0v) is 17.3. The van der Waals surface area contributed by atoms with E-state index in [0.29, 0.717) is 5.82 Å². The molecule has 2 aromatic carbocycles. The van der Waals surface area contributed by atoms with Gasteiger partial charge in [0.2, 0.25) is 5.91 Å². The van der Waals surface area contributed by atoms with Crippen LogP contribution in [-0.4, -0.2) is 20.7 Å². The molecule has 1 aliphatic heterocycles. The molecule has 5 nitrogen and oxygen atoms in total. The Morgan fingerprint density at radius 3 is 2.86 bits per heavy atom. The lowest BCUT2D eigenvalue weighted by Gasteiger charge is -2.09. The smallest absolute Gasteiger partial charge is 0.248 e. The Balaban J connectivity index is 1.56. The molecule has 0 spiro atoms. The van der Waals surface area contributed by atoms with E-state index < -0.39 is 11.7 Å². The number of nitrogens with one attached hydrogen (secondary N) is 1. The number of amides is 1.